The van der Waals surface area contributed by atoms with Crippen LogP contribution in [-0.4, -0.2) is 34.0 Å². The minimum atomic E-state index is -0.857. The van der Waals surface area contributed by atoms with E-state index < -0.39 is 17.8 Å². The molecule has 0 saturated carbocycles. The lowest BCUT2D eigenvalue weighted by molar-refractivity contribution is 0.0306. The van der Waals surface area contributed by atoms with Gasteiger partial charge in [0.1, 0.15) is 5.75 Å². The fraction of sp³-hybridized carbons (Fsp3) is 0.423. The van der Waals surface area contributed by atoms with Crippen LogP contribution in [-0.2, 0) is 35.5 Å². The third-order valence-electron chi connectivity index (χ3n) is 5.42. The number of rotatable bonds is 13. The van der Waals surface area contributed by atoms with E-state index in [1.165, 1.54) is 5.56 Å². The second-order valence-corrected chi connectivity index (χ2v) is 9.10. The molecule has 0 fully saturated rings. The van der Waals surface area contributed by atoms with Crippen LogP contribution in [0.15, 0.2) is 47.4 Å². The van der Waals surface area contributed by atoms with Gasteiger partial charge in [-0.1, -0.05) is 56.2 Å². The number of aromatic hydroxyl groups is 1. The standard InChI is InChI=1S/C26H32N2O6S/c1-3-5-6-14-33-26(31)34-18-28-24(29)23(35-25(28)30)16-20-8-11-22(12-9-20)32-15-13-21-10-7-19(4-2)17-27-21/h7-12,17,29H,3-6,13-16,18H2,1-2H3. The van der Waals surface area contributed by atoms with Gasteiger partial charge in [-0.25, -0.2) is 9.36 Å². The number of hydrogen-bond donors (Lipinski definition) is 1. The minimum absolute atomic E-state index is 0.208. The lowest BCUT2D eigenvalue weighted by Gasteiger charge is -2.08. The first-order chi connectivity index (χ1) is 17.0. The Balaban J connectivity index is 1.48. The van der Waals surface area contributed by atoms with Crippen LogP contribution in [0, 0.1) is 0 Å². The molecule has 3 aromatic rings. The Morgan fingerprint density at radius 1 is 1.03 bits per heavy atom. The van der Waals surface area contributed by atoms with E-state index >= 15 is 0 Å². The van der Waals surface area contributed by atoms with Crippen LogP contribution in [0.4, 0.5) is 4.79 Å². The Bertz CT molecular complexity index is 1120. The van der Waals surface area contributed by atoms with Crippen LogP contribution in [0.5, 0.6) is 11.6 Å². The van der Waals surface area contributed by atoms with Crippen molar-refractivity contribution in [1.82, 2.24) is 9.55 Å². The molecule has 0 radical (unpaired) electrons. The molecule has 1 N–H and O–H groups in total. The molecule has 0 unspecified atom stereocenters. The van der Waals surface area contributed by atoms with Gasteiger partial charge in [0.2, 0.25) is 5.88 Å². The SMILES string of the molecule is CCCCCOC(=O)OCn1c(O)c(Cc2ccc(OCCc3ccc(CC)cn3)cc2)sc1=O. The molecule has 2 heterocycles. The van der Waals surface area contributed by atoms with Crippen LogP contribution >= 0.6 is 11.3 Å². The Hall–Kier alpha value is -3.33. The van der Waals surface area contributed by atoms with Crippen molar-refractivity contribution in [3.63, 3.8) is 0 Å². The van der Waals surface area contributed by atoms with E-state index in [-0.39, 0.29) is 12.5 Å². The quantitative estimate of drug-likeness (QED) is 0.258. The van der Waals surface area contributed by atoms with E-state index in [9.17, 15) is 14.7 Å². The Morgan fingerprint density at radius 3 is 2.49 bits per heavy atom. The number of nitrogens with zero attached hydrogens (tertiary/aromatic N) is 2. The minimum Gasteiger partial charge on any atom is -0.494 e. The number of ether oxygens (including phenoxy) is 3. The molecule has 0 bridgehead atoms. The van der Waals surface area contributed by atoms with Crippen molar-refractivity contribution in [3.8, 4) is 11.6 Å². The van der Waals surface area contributed by atoms with Gasteiger partial charge in [0, 0.05) is 24.7 Å². The van der Waals surface area contributed by atoms with E-state index in [0.717, 1.165) is 65.0 Å². The van der Waals surface area contributed by atoms with E-state index in [1.54, 1.807) is 0 Å². The van der Waals surface area contributed by atoms with Crippen LogP contribution < -0.4 is 9.61 Å². The van der Waals surface area contributed by atoms with Crippen LogP contribution in [0.3, 0.4) is 0 Å². The fourth-order valence-corrected chi connectivity index (χ4v) is 4.21. The number of pyridine rings is 1. The van der Waals surface area contributed by atoms with Gasteiger partial charge in [-0.05, 0) is 42.2 Å². The van der Waals surface area contributed by atoms with Crippen molar-refractivity contribution < 1.29 is 24.1 Å². The highest BCUT2D eigenvalue weighted by molar-refractivity contribution is 7.09. The number of benzene rings is 1. The van der Waals surface area contributed by atoms with Crippen LogP contribution in [0.1, 0.15) is 54.8 Å². The molecule has 0 amide bonds. The molecule has 188 valence electrons. The zero-order valence-corrected chi connectivity index (χ0v) is 21.0. The van der Waals surface area contributed by atoms with Gasteiger partial charge in [0.25, 0.3) is 0 Å². The average molecular weight is 501 g/mol. The van der Waals surface area contributed by atoms with Gasteiger partial charge in [-0.3, -0.25) is 9.78 Å². The van der Waals surface area contributed by atoms with Crippen molar-refractivity contribution >= 4 is 17.5 Å². The first-order valence-electron chi connectivity index (χ1n) is 11.9. The maximum atomic E-state index is 12.3. The number of aromatic nitrogens is 2. The van der Waals surface area contributed by atoms with E-state index in [0.29, 0.717) is 17.9 Å². The van der Waals surface area contributed by atoms with Crippen molar-refractivity contribution in [2.24, 2.45) is 0 Å². The van der Waals surface area contributed by atoms with Gasteiger partial charge < -0.3 is 19.3 Å². The second kappa shape index (κ2) is 13.5. The summed E-state index contributed by atoms with van der Waals surface area (Å²) in [5.41, 5.74) is 3.11. The van der Waals surface area contributed by atoms with Crippen molar-refractivity contribution in [1.29, 1.82) is 0 Å². The summed E-state index contributed by atoms with van der Waals surface area (Å²) in [6.45, 7) is 4.55. The molecule has 0 aliphatic heterocycles. The summed E-state index contributed by atoms with van der Waals surface area (Å²) in [4.78, 5) is 28.4. The molecule has 0 saturated heterocycles. The highest BCUT2D eigenvalue weighted by Gasteiger charge is 2.16. The summed E-state index contributed by atoms with van der Waals surface area (Å²) in [6, 6.07) is 11.6. The predicted molar refractivity (Wildman–Crippen MR) is 134 cm³/mol. The normalized spacial score (nSPS) is 10.8. The lowest BCUT2D eigenvalue weighted by Crippen LogP contribution is -2.18. The molecular formula is C26H32N2O6S. The summed E-state index contributed by atoms with van der Waals surface area (Å²) in [6.07, 6.45) is 5.83. The summed E-state index contributed by atoms with van der Waals surface area (Å²) in [7, 11) is 0. The monoisotopic (exact) mass is 500 g/mol. The topological polar surface area (TPSA) is 99.9 Å². The number of thiazole rings is 1. The van der Waals surface area contributed by atoms with Crippen molar-refractivity contribution in [2.45, 2.75) is 59.1 Å². The number of carbonyl (C=O) groups excluding carboxylic acids is 1. The summed E-state index contributed by atoms with van der Waals surface area (Å²) in [5, 5.41) is 10.5. The fourth-order valence-electron chi connectivity index (χ4n) is 3.31. The van der Waals surface area contributed by atoms with Gasteiger partial charge >= 0.3 is 11.0 Å². The number of hydrogen-bond acceptors (Lipinski definition) is 8. The molecule has 9 heteroatoms. The molecular weight excluding hydrogens is 468 g/mol. The van der Waals surface area contributed by atoms with Crippen molar-refractivity contribution in [3.05, 3.63) is 74.0 Å². The Labute approximate surface area is 209 Å². The number of carbonyl (C=O) groups is 1. The Kier molecular flexibility index (Phi) is 10.2. The van der Waals surface area contributed by atoms with E-state index in [4.69, 9.17) is 14.2 Å². The highest BCUT2D eigenvalue weighted by Crippen LogP contribution is 2.24. The highest BCUT2D eigenvalue weighted by atomic mass is 32.1. The summed E-state index contributed by atoms with van der Waals surface area (Å²) in [5.74, 6) is 0.528. The van der Waals surface area contributed by atoms with Crippen LogP contribution in [0.25, 0.3) is 0 Å². The first kappa shape index (κ1) is 26.3. The van der Waals surface area contributed by atoms with Crippen LogP contribution in [0.2, 0.25) is 0 Å². The summed E-state index contributed by atoms with van der Waals surface area (Å²) < 4.78 is 16.7. The summed E-state index contributed by atoms with van der Waals surface area (Å²) >= 11 is 0.917. The molecule has 8 nitrogen and oxygen atoms in total. The lowest BCUT2D eigenvalue weighted by atomic mass is 10.1. The molecule has 0 aliphatic rings. The molecule has 3 rings (SSSR count). The molecule has 0 spiro atoms. The second-order valence-electron chi connectivity index (χ2n) is 8.05. The van der Waals surface area contributed by atoms with Gasteiger partial charge in [-0.15, -0.1) is 0 Å². The maximum Gasteiger partial charge on any atom is 0.510 e. The van der Waals surface area contributed by atoms with E-state index in [2.05, 4.69) is 24.9 Å². The molecule has 1 aromatic carbocycles. The van der Waals surface area contributed by atoms with Gasteiger partial charge in [-0.2, -0.15) is 0 Å². The van der Waals surface area contributed by atoms with E-state index in [1.807, 2.05) is 36.5 Å². The Morgan fingerprint density at radius 2 is 1.80 bits per heavy atom. The zero-order valence-electron chi connectivity index (χ0n) is 20.2. The molecule has 2 aromatic heterocycles. The van der Waals surface area contributed by atoms with Gasteiger partial charge in [0.15, 0.2) is 6.73 Å². The largest absolute Gasteiger partial charge is 0.510 e. The average Bonchev–Trinajstić information content (AvgIpc) is 3.13. The maximum absolute atomic E-state index is 12.3. The number of unbranched alkanes of at least 4 members (excludes halogenated alkanes) is 2. The number of aryl methyl sites for hydroxylation is 1. The third kappa shape index (κ3) is 8.13. The third-order valence-corrected chi connectivity index (χ3v) is 6.39. The predicted octanol–water partition coefficient (Wildman–Crippen LogP) is 5.09. The van der Waals surface area contributed by atoms with Gasteiger partial charge in [0.05, 0.1) is 18.1 Å². The molecule has 0 atom stereocenters. The smallest absolute Gasteiger partial charge is 0.494 e. The first-order valence-corrected chi connectivity index (χ1v) is 12.7. The van der Waals surface area contributed by atoms with Crippen molar-refractivity contribution in [2.75, 3.05) is 13.2 Å². The zero-order chi connectivity index (χ0) is 25.0. The molecule has 35 heavy (non-hydrogen) atoms. The molecule has 0 aliphatic carbocycles.